The van der Waals surface area contributed by atoms with E-state index in [4.69, 9.17) is 4.74 Å². The maximum absolute atomic E-state index is 12.0. The summed E-state index contributed by atoms with van der Waals surface area (Å²) in [7, 11) is 0. The van der Waals surface area contributed by atoms with Gasteiger partial charge in [0.1, 0.15) is 0 Å². The van der Waals surface area contributed by atoms with Crippen LogP contribution < -0.4 is 0 Å². The number of carbonyl (C=O) groups is 1. The molecule has 0 unspecified atom stereocenters. The number of thiol groups is 1. The first-order chi connectivity index (χ1) is 7.67. The summed E-state index contributed by atoms with van der Waals surface area (Å²) in [6, 6.07) is 0. The summed E-state index contributed by atoms with van der Waals surface area (Å²) < 4.78 is 5.28. The summed E-state index contributed by atoms with van der Waals surface area (Å²) in [6.07, 6.45) is 2.98. The zero-order valence-electron chi connectivity index (χ0n) is 10.4. The van der Waals surface area contributed by atoms with Crippen molar-refractivity contribution in [2.45, 2.75) is 33.1 Å². The Morgan fingerprint density at radius 1 is 1.44 bits per heavy atom. The van der Waals surface area contributed by atoms with Crippen LogP contribution in [0.1, 0.15) is 33.1 Å². The zero-order valence-corrected chi connectivity index (χ0v) is 11.3. The first kappa shape index (κ1) is 13.8. The molecule has 3 nitrogen and oxygen atoms in total. The smallest absolute Gasteiger partial charge is 0.223 e. The Bertz CT molecular complexity index is 229. The maximum Gasteiger partial charge on any atom is 0.223 e. The van der Waals surface area contributed by atoms with Crippen LogP contribution in [0.15, 0.2) is 0 Å². The van der Waals surface area contributed by atoms with Crippen LogP contribution in [0.5, 0.6) is 0 Å². The third kappa shape index (κ3) is 3.98. The van der Waals surface area contributed by atoms with Crippen molar-refractivity contribution in [1.29, 1.82) is 0 Å². The molecule has 0 radical (unpaired) electrons. The van der Waals surface area contributed by atoms with E-state index in [-0.39, 0.29) is 11.3 Å². The number of hydrogen-bond donors (Lipinski definition) is 1. The molecule has 0 aliphatic heterocycles. The first-order valence-corrected chi connectivity index (χ1v) is 6.77. The van der Waals surface area contributed by atoms with Gasteiger partial charge in [-0.05, 0) is 37.9 Å². The predicted octanol–water partition coefficient (Wildman–Crippen LogP) is 1.97. The van der Waals surface area contributed by atoms with Crippen molar-refractivity contribution in [3.05, 3.63) is 0 Å². The van der Waals surface area contributed by atoms with Gasteiger partial charge < -0.3 is 9.64 Å². The molecule has 1 aliphatic carbocycles. The molecule has 16 heavy (non-hydrogen) atoms. The van der Waals surface area contributed by atoms with Crippen LogP contribution in [0.3, 0.4) is 0 Å². The Hall–Kier alpha value is -0.220. The third-order valence-electron chi connectivity index (χ3n) is 3.26. The summed E-state index contributed by atoms with van der Waals surface area (Å²) in [5.41, 5.74) is 0.221. The van der Waals surface area contributed by atoms with Gasteiger partial charge in [0.15, 0.2) is 0 Å². The predicted molar refractivity (Wildman–Crippen MR) is 68.9 cm³/mol. The van der Waals surface area contributed by atoms with Gasteiger partial charge in [-0.3, -0.25) is 4.79 Å². The van der Waals surface area contributed by atoms with Crippen LogP contribution in [-0.4, -0.2) is 42.9 Å². The van der Waals surface area contributed by atoms with Gasteiger partial charge in [-0.15, -0.1) is 0 Å². The Labute approximate surface area is 104 Å². The van der Waals surface area contributed by atoms with Crippen LogP contribution in [0, 0.1) is 5.41 Å². The number of nitrogens with zero attached hydrogens (tertiary/aromatic N) is 1. The van der Waals surface area contributed by atoms with Crippen LogP contribution in [-0.2, 0) is 9.53 Å². The summed E-state index contributed by atoms with van der Waals surface area (Å²) in [4.78, 5) is 13.9. The molecule has 0 saturated heterocycles. The highest BCUT2D eigenvalue weighted by molar-refractivity contribution is 7.80. The lowest BCUT2D eigenvalue weighted by Gasteiger charge is -2.23. The molecule has 0 aromatic heterocycles. The van der Waals surface area contributed by atoms with Crippen molar-refractivity contribution >= 4 is 18.5 Å². The molecule has 1 amide bonds. The average Bonchev–Trinajstić information content (AvgIpc) is 3.05. The van der Waals surface area contributed by atoms with Crippen LogP contribution >= 0.6 is 12.6 Å². The molecule has 0 heterocycles. The molecule has 1 saturated carbocycles. The minimum absolute atomic E-state index is 0.221. The second-order valence-corrected chi connectivity index (χ2v) is 4.82. The van der Waals surface area contributed by atoms with Gasteiger partial charge in [0.2, 0.25) is 5.91 Å². The van der Waals surface area contributed by atoms with Crippen molar-refractivity contribution in [2.75, 3.05) is 32.1 Å². The number of likely N-dealkylation sites (N-methyl/N-ethyl adjacent to an activating group) is 1. The Kier molecular flexibility index (Phi) is 5.62. The van der Waals surface area contributed by atoms with Gasteiger partial charge in [-0.25, -0.2) is 0 Å². The Morgan fingerprint density at radius 2 is 2.12 bits per heavy atom. The highest BCUT2D eigenvalue weighted by Gasteiger charge is 2.43. The van der Waals surface area contributed by atoms with Crippen molar-refractivity contribution < 1.29 is 9.53 Å². The molecule has 1 aliphatic rings. The van der Waals surface area contributed by atoms with Gasteiger partial charge in [-0.1, -0.05) is 0 Å². The fraction of sp³-hybridized carbons (Fsp3) is 0.917. The fourth-order valence-electron chi connectivity index (χ4n) is 1.78. The molecule has 1 fully saturated rings. The molecule has 1 rings (SSSR count). The first-order valence-electron chi connectivity index (χ1n) is 6.14. The van der Waals surface area contributed by atoms with Gasteiger partial charge >= 0.3 is 0 Å². The van der Waals surface area contributed by atoms with E-state index in [1.807, 2.05) is 18.7 Å². The molecule has 0 atom stereocenters. The molecular weight excluding hydrogens is 222 g/mol. The zero-order chi connectivity index (χ0) is 12.0. The van der Waals surface area contributed by atoms with Gasteiger partial charge in [0.05, 0.1) is 6.61 Å². The van der Waals surface area contributed by atoms with E-state index in [0.717, 1.165) is 25.1 Å². The molecule has 0 N–H and O–H groups in total. The Balaban J connectivity index is 2.31. The molecule has 0 bridgehead atoms. The topological polar surface area (TPSA) is 29.5 Å². The van der Waals surface area contributed by atoms with Crippen LogP contribution in [0.2, 0.25) is 0 Å². The average molecular weight is 245 g/mol. The van der Waals surface area contributed by atoms with E-state index >= 15 is 0 Å². The number of rotatable bonds is 8. The Morgan fingerprint density at radius 3 is 2.56 bits per heavy atom. The normalized spacial score (nSPS) is 17.2. The largest absolute Gasteiger partial charge is 0.380 e. The maximum atomic E-state index is 12.0. The molecule has 0 aromatic rings. The van der Waals surface area contributed by atoms with E-state index in [1.54, 1.807) is 0 Å². The third-order valence-corrected chi connectivity index (χ3v) is 3.93. The summed E-state index contributed by atoms with van der Waals surface area (Å²) in [5, 5.41) is 0. The number of hydrogen-bond acceptors (Lipinski definition) is 3. The SMILES string of the molecule is CCOCCN(CC)C(=O)CC1(CS)CC1. The van der Waals surface area contributed by atoms with Gasteiger partial charge in [0, 0.05) is 26.1 Å². The second-order valence-electron chi connectivity index (χ2n) is 4.51. The fourth-order valence-corrected chi connectivity index (χ4v) is 2.21. The molecule has 0 aromatic carbocycles. The summed E-state index contributed by atoms with van der Waals surface area (Å²) >= 11 is 4.33. The van der Waals surface area contributed by atoms with E-state index < -0.39 is 0 Å². The van der Waals surface area contributed by atoms with Crippen LogP contribution in [0.25, 0.3) is 0 Å². The van der Waals surface area contributed by atoms with Gasteiger partial charge in [-0.2, -0.15) is 12.6 Å². The molecule has 94 valence electrons. The monoisotopic (exact) mass is 245 g/mol. The van der Waals surface area contributed by atoms with Crippen molar-refractivity contribution in [3.63, 3.8) is 0 Å². The highest BCUT2D eigenvalue weighted by atomic mass is 32.1. The quantitative estimate of drug-likeness (QED) is 0.523. The van der Waals surface area contributed by atoms with E-state index in [9.17, 15) is 4.79 Å². The van der Waals surface area contributed by atoms with E-state index in [2.05, 4.69) is 12.6 Å². The lowest BCUT2D eigenvalue weighted by Crippen LogP contribution is -2.35. The molecule has 4 heteroatoms. The van der Waals surface area contributed by atoms with Crippen LogP contribution in [0.4, 0.5) is 0 Å². The summed E-state index contributed by atoms with van der Waals surface area (Å²) in [6.45, 7) is 6.83. The number of amides is 1. The minimum Gasteiger partial charge on any atom is -0.380 e. The van der Waals surface area contributed by atoms with Crippen molar-refractivity contribution in [2.24, 2.45) is 5.41 Å². The second kappa shape index (κ2) is 6.50. The number of ether oxygens (including phenoxy) is 1. The van der Waals surface area contributed by atoms with E-state index in [1.165, 1.54) is 0 Å². The lowest BCUT2D eigenvalue weighted by molar-refractivity contribution is -0.132. The lowest BCUT2D eigenvalue weighted by atomic mass is 10.0. The van der Waals surface area contributed by atoms with Crippen molar-refractivity contribution in [1.82, 2.24) is 4.90 Å². The highest BCUT2D eigenvalue weighted by Crippen LogP contribution is 2.49. The van der Waals surface area contributed by atoms with Crippen molar-refractivity contribution in [3.8, 4) is 0 Å². The standard InChI is InChI=1S/C12H23NO2S/c1-3-13(7-8-15-4-2)11(14)9-12(10-16)5-6-12/h16H,3-10H2,1-2H3. The molecular formula is C12H23NO2S. The van der Waals surface area contributed by atoms with Gasteiger partial charge in [0.25, 0.3) is 0 Å². The van der Waals surface area contributed by atoms with E-state index in [0.29, 0.717) is 26.2 Å². The summed E-state index contributed by atoms with van der Waals surface area (Å²) in [5.74, 6) is 1.09. The minimum atomic E-state index is 0.221. The molecule has 0 spiro atoms. The number of carbonyl (C=O) groups excluding carboxylic acids is 1.